The highest BCUT2D eigenvalue weighted by molar-refractivity contribution is 5.85. The number of aliphatic hydroxyl groups is 3. The first-order valence-electron chi connectivity index (χ1n) is 7.29. The van der Waals surface area contributed by atoms with Gasteiger partial charge < -0.3 is 41.6 Å². The minimum atomic E-state index is -1.49. The molecule has 1 fully saturated rings. The lowest BCUT2D eigenvalue weighted by atomic mass is 9.98. The van der Waals surface area contributed by atoms with Gasteiger partial charge in [0, 0.05) is 0 Å². The number of ether oxygens (including phenoxy) is 2. The number of rotatable bonds is 6. The molecule has 1 saturated heterocycles. The van der Waals surface area contributed by atoms with Crippen LogP contribution in [0.25, 0.3) is 0 Å². The van der Waals surface area contributed by atoms with Crippen LogP contribution in [0.1, 0.15) is 13.8 Å². The number of hydrogen-bond acceptors (Lipinski definition) is 9. The summed E-state index contributed by atoms with van der Waals surface area (Å²) in [6, 6.07) is -1.90. The average Bonchev–Trinajstić information content (AvgIpc) is 2.51. The molecule has 23 heavy (non-hydrogen) atoms. The molecule has 0 bridgehead atoms. The molecule has 10 heteroatoms. The molecule has 8 N–H and O–H groups in total. The van der Waals surface area contributed by atoms with Crippen LogP contribution in [0.3, 0.4) is 0 Å². The van der Waals surface area contributed by atoms with Crippen molar-refractivity contribution in [2.75, 3.05) is 13.2 Å². The molecule has 1 aliphatic heterocycles. The fourth-order valence-corrected chi connectivity index (χ4v) is 1.91. The second-order valence-electron chi connectivity index (χ2n) is 5.79. The molecular weight excluding hydrogens is 310 g/mol. The van der Waals surface area contributed by atoms with Crippen molar-refractivity contribution in [3.05, 3.63) is 0 Å². The number of carbonyl (C=O) groups is 2. The number of nitrogens with two attached hydrogens (primary N) is 2. The second-order valence-corrected chi connectivity index (χ2v) is 5.79. The van der Waals surface area contributed by atoms with Gasteiger partial charge in [0.2, 0.25) is 5.91 Å². The van der Waals surface area contributed by atoms with E-state index in [9.17, 15) is 24.9 Å². The SMILES string of the molecule is CC(C)C(N)C(=O)NCC(=O)OCC1OC(O)C(N)C(O)C1O. The fourth-order valence-electron chi connectivity index (χ4n) is 1.91. The molecule has 1 aliphatic rings. The molecule has 134 valence electrons. The van der Waals surface area contributed by atoms with Crippen LogP contribution < -0.4 is 16.8 Å². The Kier molecular flexibility index (Phi) is 7.32. The third kappa shape index (κ3) is 5.37. The third-order valence-corrected chi connectivity index (χ3v) is 3.61. The second kappa shape index (κ2) is 8.52. The molecule has 1 rings (SSSR count). The maximum atomic E-state index is 11.6. The van der Waals surface area contributed by atoms with Gasteiger partial charge in [-0.25, -0.2) is 0 Å². The first kappa shape index (κ1) is 19.7. The average molecular weight is 335 g/mol. The highest BCUT2D eigenvalue weighted by Crippen LogP contribution is 2.18. The number of hydrogen-bond donors (Lipinski definition) is 6. The predicted octanol–water partition coefficient (Wildman–Crippen LogP) is -3.60. The highest BCUT2D eigenvalue weighted by Gasteiger charge is 2.42. The van der Waals surface area contributed by atoms with E-state index in [2.05, 4.69) is 5.32 Å². The van der Waals surface area contributed by atoms with E-state index < -0.39 is 61.7 Å². The van der Waals surface area contributed by atoms with E-state index >= 15 is 0 Å². The molecule has 0 spiro atoms. The first-order chi connectivity index (χ1) is 10.6. The van der Waals surface area contributed by atoms with Gasteiger partial charge in [0.25, 0.3) is 0 Å². The van der Waals surface area contributed by atoms with Crippen molar-refractivity contribution in [1.29, 1.82) is 0 Å². The Bertz CT molecular complexity index is 420. The van der Waals surface area contributed by atoms with E-state index in [-0.39, 0.29) is 5.92 Å². The molecule has 10 nitrogen and oxygen atoms in total. The van der Waals surface area contributed by atoms with Crippen LogP contribution in [0.2, 0.25) is 0 Å². The molecule has 0 saturated carbocycles. The zero-order chi connectivity index (χ0) is 17.7. The molecule has 1 amide bonds. The number of aliphatic hydroxyl groups excluding tert-OH is 3. The quantitative estimate of drug-likeness (QED) is 0.267. The number of esters is 1. The molecule has 0 aromatic rings. The molecule has 0 aromatic heterocycles. The van der Waals surface area contributed by atoms with Gasteiger partial charge in [-0.05, 0) is 5.92 Å². The van der Waals surface area contributed by atoms with Crippen molar-refractivity contribution in [2.45, 2.75) is 50.5 Å². The zero-order valence-electron chi connectivity index (χ0n) is 13.1. The van der Waals surface area contributed by atoms with Gasteiger partial charge in [-0.15, -0.1) is 0 Å². The Morgan fingerprint density at radius 2 is 1.87 bits per heavy atom. The largest absolute Gasteiger partial charge is 0.461 e. The lowest BCUT2D eigenvalue weighted by Crippen LogP contribution is -2.62. The Balaban J connectivity index is 2.37. The lowest BCUT2D eigenvalue weighted by Gasteiger charge is -2.38. The summed E-state index contributed by atoms with van der Waals surface area (Å²) in [6.45, 7) is 2.73. The van der Waals surface area contributed by atoms with Gasteiger partial charge >= 0.3 is 5.97 Å². The summed E-state index contributed by atoms with van der Waals surface area (Å²) in [5, 5.41) is 31.1. The smallest absolute Gasteiger partial charge is 0.325 e. The predicted molar refractivity (Wildman–Crippen MR) is 77.7 cm³/mol. The van der Waals surface area contributed by atoms with E-state index in [4.69, 9.17) is 20.9 Å². The van der Waals surface area contributed by atoms with Crippen molar-refractivity contribution in [3.63, 3.8) is 0 Å². The van der Waals surface area contributed by atoms with Gasteiger partial charge in [0.1, 0.15) is 31.5 Å². The third-order valence-electron chi connectivity index (χ3n) is 3.61. The Morgan fingerprint density at radius 3 is 2.43 bits per heavy atom. The van der Waals surface area contributed by atoms with E-state index in [1.807, 2.05) is 0 Å². The Hall–Kier alpha value is -1.30. The number of nitrogens with one attached hydrogen (secondary N) is 1. The minimum absolute atomic E-state index is 0.0796. The van der Waals surface area contributed by atoms with E-state index in [0.717, 1.165) is 0 Å². The van der Waals surface area contributed by atoms with E-state index in [1.165, 1.54) is 0 Å². The molecule has 0 aliphatic carbocycles. The summed E-state index contributed by atoms with van der Waals surface area (Å²) < 4.78 is 9.79. The molecule has 0 aromatic carbocycles. The van der Waals surface area contributed by atoms with Crippen molar-refractivity contribution in [3.8, 4) is 0 Å². The van der Waals surface area contributed by atoms with Crippen LogP contribution in [0, 0.1) is 5.92 Å². The summed E-state index contributed by atoms with van der Waals surface area (Å²) in [6.07, 6.45) is -5.44. The maximum absolute atomic E-state index is 11.6. The van der Waals surface area contributed by atoms with Crippen molar-refractivity contribution >= 4 is 11.9 Å². The van der Waals surface area contributed by atoms with Crippen molar-refractivity contribution in [1.82, 2.24) is 5.32 Å². The lowest BCUT2D eigenvalue weighted by molar-refractivity contribution is -0.250. The van der Waals surface area contributed by atoms with Crippen LogP contribution in [0.4, 0.5) is 0 Å². The maximum Gasteiger partial charge on any atom is 0.325 e. The summed E-state index contributed by atoms with van der Waals surface area (Å²) in [5.41, 5.74) is 11.0. The Labute approximate surface area is 133 Å². The molecule has 6 unspecified atom stereocenters. The number of amides is 1. The van der Waals surface area contributed by atoms with Crippen LogP contribution >= 0.6 is 0 Å². The molecular formula is C13H25N3O7. The Morgan fingerprint density at radius 1 is 1.26 bits per heavy atom. The van der Waals surface area contributed by atoms with E-state index in [1.54, 1.807) is 13.8 Å². The first-order valence-corrected chi connectivity index (χ1v) is 7.29. The highest BCUT2D eigenvalue weighted by atomic mass is 16.6. The topological polar surface area (TPSA) is 177 Å². The van der Waals surface area contributed by atoms with Crippen LogP contribution in [0.5, 0.6) is 0 Å². The van der Waals surface area contributed by atoms with Crippen LogP contribution in [0.15, 0.2) is 0 Å². The summed E-state index contributed by atoms with van der Waals surface area (Å²) >= 11 is 0. The summed E-state index contributed by atoms with van der Waals surface area (Å²) in [5.74, 6) is -1.34. The van der Waals surface area contributed by atoms with Gasteiger partial charge in [-0.3, -0.25) is 9.59 Å². The summed E-state index contributed by atoms with van der Waals surface area (Å²) in [4.78, 5) is 23.1. The normalized spacial score (nSPS) is 32.4. The van der Waals surface area contributed by atoms with Gasteiger partial charge in [0.05, 0.1) is 12.1 Å². The van der Waals surface area contributed by atoms with Gasteiger partial charge in [-0.1, -0.05) is 13.8 Å². The van der Waals surface area contributed by atoms with Gasteiger partial charge in [0.15, 0.2) is 6.29 Å². The molecule has 0 radical (unpaired) electrons. The number of carbonyl (C=O) groups excluding carboxylic acids is 2. The van der Waals surface area contributed by atoms with Crippen LogP contribution in [-0.4, -0.2) is 77.0 Å². The van der Waals surface area contributed by atoms with Gasteiger partial charge in [-0.2, -0.15) is 0 Å². The van der Waals surface area contributed by atoms with E-state index in [0.29, 0.717) is 0 Å². The van der Waals surface area contributed by atoms with Crippen molar-refractivity contribution in [2.24, 2.45) is 17.4 Å². The summed E-state index contributed by atoms with van der Waals surface area (Å²) in [7, 11) is 0. The standard InChI is InChI=1S/C13H25N3O7/c1-5(2)8(14)12(20)16-3-7(17)22-4-6-10(18)11(19)9(15)13(21)23-6/h5-6,8-11,13,18-19,21H,3-4,14-15H2,1-2H3,(H,16,20). The monoisotopic (exact) mass is 335 g/mol. The minimum Gasteiger partial charge on any atom is -0.461 e. The fraction of sp³-hybridized carbons (Fsp3) is 0.846. The molecule has 1 heterocycles. The molecule has 6 atom stereocenters. The zero-order valence-corrected chi connectivity index (χ0v) is 13.1. The van der Waals surface area contributed by atoms with Crippen molar-refractivity contribution < 1.29 is 34.4 Å². The van der Waals surface area contributed by atoms with Crippen LogP contribution in [-0.2, 0) is 19.1 Å².